The Morgan fingerprint density at radius 1 is 1.17 bits per heavy atom. The average molecular weight is 359 g/mol. The molecule has 3 rings (SSSR count). The summed E-state index contributed by atoms with van der Waals surface area (Å²) in [5.41, 5.74) is 2.85. The van der Waals surface area contributed by atoms with Crippen LogP contribution in [0.3, 0.4) is 0 Å². The zero-order chi connectivity index (χ0) is 17.0. The minimum absolute atomic E-state index is 0.281. The van der Waals surface area contributed by atoms with Crippen LogP contribution in [-0.4, -0.2) is 24.9 Å². The summed E-state index contributed by atoms with van der Waals surface area (Å²) in [6.07, 6.45) is 4.03. The standard InChI is InChI=1S/C17H17N3O2S2/c1-13-4-6-15(7-5-13)24(21,22)19-10-8-17-20-16(12-23-17)14-3-2-9-18-11-14/h2-7,9,11-12,19H,8,10H2,1H3. The monoisotopic (exact) mass is 359 g/mol. The van der Waals surface area contributed by atoms with Gasteiger partial charge < -0.3 is 0 Å². The fourth-order valence-electron chi connectivity index (χ4n) is 2.17. The highest BCUT2D eigenvalue weighted by Crippen LogP contribution is 2.21. The van der Waals surface area contributed by atoms with Gasteiger partial charge in [0.25, 0.3) is 0 Å². The van der Waals surface area contributed by atoms with Crippen molar-refractivity contribution < 1.29 is 8.42 Å². The van der Waals surface area contributed by atoms with E-state index in [1.165, 1.54) is 11.3 Å². The van der Waals surface area contributed by atoms with Crippen LogP contribution in [0.2, 0.25) is 0 Å². The van der Waals surface area contributed by atoms with Gasteiger partial charge in [-0.2, -0.15) is 0 Å². The molecule has 0 atom stereocenters. The van der Waals surface area contributed by atoms with E-state index in [0.717, 1.165) is 21.8 Å². The second-order valence-electron chi connectivity index (χ2n) is 5.33. The van der Waals surface area contributed by atoms with E-state index in [-0.39, 0.29) is 4.90 Å². The maximum absolute atomic E-state index is 12.2. The Morgan fingerprint density at radius 3 is 2.67 bits per heavy atom. The molecule has 0 fully saturated rings. The number of aryl methyl sites for hydroxylation is 1. The van der Waals surface area contributed by atoms with Crippen LogP contribution in [0.4, 0.5) is 0 Å². The van der Waals surface area contributed by atoms with Gasteiger partial charge in [-0.15, -0.1) is 11.3 Å². The maximum Gasteiger partial charge on any atom is 0.240 e. The molecular formula is C17H17N3O2S2. The van der Waals surface area contributed by atoms with Crippen molar-refractivity contribution in [1.29, 1.82) is 0 Å². The van der Waals surface area contributed by atoms with E-state index < -0.39 is 10.0 Å². The number of thiazole rings is 1. The van der Waals surface area contributed by atoms with Crippen molar-refractivity contribution in [1.82, 2.24) is 14.7 Å². The molecule has 0 saturated heterocycles. The Morgan fingerprint density at radius 2 is 1.96 bits per heavy atom. The highest BCUT2D eigenvalue weighted by Gasteiger charge is 2.13. The Balaban J connectivity index is 1.60. The molecule has 124 valence electrons. The lowest BCUT2D eigenvalue weighted by Gasteiger charge is -2.06. The number of sulfonamides is 1. The van der Waals surface area contributed by atoms with E-state index >= 15 is 0 Å². The second-order valence-corrected chi connectivity index (χ2v) is 8.04. The number of rotatable bonds is 6. The zero-order valence-corrected chi connectivity index (χ0v) is 14.8. The second kappa shape index (κ2) is 7.21. The van der Waals surface area contributed by atoms with Gasteiger partial charge in [0.2, 0.25) is 10.0 Å². The first-order valence-corrected chi connectivity index (χ1v) is 9.82. The average Bonchev–Trinajstić information content (AvgIpc) is 3.05. The Kier molecular flexibility index (Phi) is 5.03. The number of nitrogens with zero attached hydrogens (tertiary/aromatic N) is 2. The normalized spacial score (nSPS) is 11.5. The van der Waals surface area contributed by atoms with E-state index in [4.69, 9.17) is 0 Å². The first kappa shape index (κ1) is 16.8. The number of aromatic nitrogens is 2. The molecule has 0 aliphatic carbocycles. The molecule has 0 unspecified atom stereocenters. The molecule has 2 heterocycles. The molecule has 0 bridgehead atoms. The number of nitrogens with one attached hydrogen (secondary N) is 1. The summed E-state index contributed by atoms with van der Waals surface area (Å²) in [7, 11) is -3.48. The van der Waals surface area contributed by atoms with Crippen molar-refractivity contribution in [2.45, 2.75) is 18.2 Å². The summed E-state index contributed by atoms with van der Waals surface area (Å²) in [5, 5.41) is 2.85. The molecule has 5 nitrogen and oxygen atoms in total. The molecule has 3 aromatic rings. The third kappa shape index (κ3) is 4.05. The van der Waals surface area contributed by atoms with E-state index in [2.05, 4.69) is 14.7 Å². The third-order valence-electron chi connectivity index (χ3n) is 3.47. The molecule has 0 radical (unpaired) electrons. The van der Waals surface area contributed by atoms with Gasteiger partial charge in [-0.25, -0.2) is 18.1 Å². The summed E-state index contributed by atoms with van der Waals surface area (Å²) >= 11 is 1.52. The van der Waals surface area contributed by atoms with Crippen LogP contribution in [0.25, 0.3) is 11.3 Å². The minimum Gasteiger partial charge on any atom is -0.264 e. The molecule has 0 amide bonds. The van der Waals surface area contributed by atoms with Crippen LogP contribution in [0.15, 0.2) is 59.1 Å². The van der Waals surface area contributed by atoms with Crippen molar-refractivity contribution in [3.05, 3.63) is 64.7 Å². The lowest BCUT2D eigenvalue weighted by atomic mass is 10.2. The summed E-state index contributed by atoms with van der Waals surface area (Å²) in [4.78, 5) is 8.89. The molecule has 0 saturated carbocycles. The largest absolute Gasteiger partial charge is 0.264 e. The van der Waals surface area contributed by atoms with Gasteiger partial charge in [-0.3, -0.25) is 4.98 Å². The summed E-state index contributed by atoms with van der Waals surface area (Å²) in [5.74, 6) is 0. The van der Waals surface area contributed by atoms with Gasteiger partial charge in [0.1, 0.15) is 0 Å². The van der Waals surface area contributed by atoms with Gasteiger partial charge in [-0.1, -0.05) is 17.7 Å². The summed E-state index contributed by atoms with van der Waals surface area (Å²) in [6, 6.07) is 10.6. The topological polar surface area (TPSA) is 72.0 Å². The number of hydrogen-bond acceptors (Lipinski definition) is 5. The van der Waals surface area contributed by atoms with Crippen molar-refractivity contribution in [3.8, 4) is 11.3 Å². The van der Waals surface area contributed by atoms with Crippen molar-refractivity contribution in [2.75, 3.05) is 6.54 Å². The van der Waals surface area contributed by atoms with Gasteiger partial charge in [0.15, 0.2) is 0 Å². The fraction of sp³-hybridized carbons (Fsp3) is 0.176. The highest BCUT2D eigenvalue weighted by atomic mass is 32.2. The van der Waals surface area contributed by atoms with Crippen molar-refractivity contribution in [2.24, 2.45) is 0 Å². The van der Waals surface area contributed by atoms with Crippen LogP contribution in [0.1, 0.15) is 10.6 Å². The number of benzene rings is 1. The molecule has 0 aliphatic heterocycles. The van der Waals surface area contributed by atoms with Crippen LogP contribution in [-0.2, 0) is 16.4 Å². The van der Waals surface area contributed by atoms with Crippen LogP contribution < -0.4 is 4.72 Å². The minimum atomic E-state index is -3.48. The molecular weight excluding hydrogens is 342 g/mol. The maximum atomic E-state index is 12.2. The number of pyridine rings is 1. The molecule has 1 N–H and O–H groups in total. The Bertz CT molecular complexity index is 905. The first-order valence-electron chi connectivity index (χ1n) is 7.46. The van der Waals surface area contributed by atoms with E-state index in [1.54, 1.807) is 36.7 Å². The van der Waals surface area contributed by atoms with Crippen molar-refractivity contribution in [3.63, 3.8) is 0 Å². The predicted molar refractivity (Wildman–Crippen MR) is 95.4 cm³/mol. The molecule has 0 spiro atoms. The summed E-state index contributed by atoms with van der Waals surface area (Å²) in [6.45, 7) is 2.24. The fourth-order valence-corrected chi connectivity index (χ4v) is 4.00. The highest BCUT2D eigenvalue weighted by molar-refractivity contribution is 7.89. The van der Waals surface area contributed by atoms with Gasteiger partial charge in [-0.05, 0) is 31.2 Å². The lowest BCUT2D eigenvalue weighted by molar-refractivity contribution is 0.581. The van der Waals surface area contributed by atoms with Crippen LogP contribution in [0, 0.1) is 6.92 Å². The van der Waals surface area contributed by atoms with Crippen LogP contribution in [0.5, 0.6) is 0 Å². The van der Waals surface area contributed by atoms with Crippen LogP contribution >= 0.6 is 11.3 Å². The molecule has 0 aliphatic rings. The Labute approximate surface area is 145 Å². The molecule has 2 aromatic heterocycles. The van der Waals surface area contributed by atoms with E-state index in [9.17, 15) is 8.42 Å². The zero-order valence-electron chi connectivity index (χ0n) is 13.1. The quantitative estimate of drug-likeness (QED) is 0.734. The SMILES string of the molecule is Cc1ccc(S(=O)(=O)NCCc2nc(-c3cccnc3)cs2)cc1. The Hall–Kier alpha value is -2.09. The van der Waals surface area contributed by atoms with Gasteiger partial charge in [0.05, 0.1) is 15.6 Å². The van der Waals surface area contributed by atoms with Gasteiger partial charge >= 0.3 is 0 Å². The van der Waals surface area contributed by atoms with E-state index in [0.29, 0.717) is 13.0 Å². The summed E-state index contributed by atoms with van der Waals surface area (Å²) < 4.78 is 27.1. The third-order valence-corrected chi connectivity index (χ3v) is 5.86. The van der Waals surface area contributed by atoms with Gasteiger partial charge in [0, 0.05) is 36.3 Å². The smallest absolute Gasteiger partial charge is 0.240 e. The lowest BCUT2D eigenvalue weighted by Crippen LogP contribution is -2.25. The van der Waals surface area contributed by atoms with Crippen molar-refractivity contribution >= 4 is 21.4 Å². The molecule has 24 heavy (non-hydrogen) atoms. The molecule has 7 heteroatoms. The van der Waals surface area contributed by atoms with E-state index in [1.807, 2.05) is 24.4 Å². The predicted octanol–water partition coefficient (Wildman–Crippen LogP) is 3.03. The number of hydrogen-bond donors (Lipinski definition) is 1. The molecule has 1 aromatic carbocycles. The first-order chi connectivity index (χ1) is 11.5.